The normalized spacial score (nSPS) is 21.5. The second-order valence-electron chi connectivity index (χ2n) is 4.80. The van der Waals surface area contributed by atoms with Crippen molar-refractivity contribution in [2.45, 2.75) is 25.9 Å². The molecule has 4 nitrogen and oxygen atoms in total. The summed E-state index contributed by atoms with van der Waals surface area (Å²) in [5.41, 5.74) is 8.09. The number of hydrogen-bond acceptors (Lipinski definition) is 2. The molecule has 0 aromatic heterocycles. The van der Waals surface area contributed by atoms with Crippen molar-refractivity contribution in [1.29, 1.82) is 0 Å². The van der Waals surface area contributed by atoms with Crippen molar-refractivity contribution < 1.29 is 4.79 Å². The average Bonchev–Trinajstić information content (AvgIpc) is 2.59. The fourth-order valence-corrected chi connectivity index (χ4v) is 2.17. The van der Waals surface area contributed by atoms with Crippen LogP contribution < -0.4 is 11.1 Å². The highest BCUT2D eigenvalue weighted by Crippen LogP contribution is 2.20. The van der Waals surface area contributed by atoms with Crippen molar-refractivity contribution >= 4 is 6.03 Å². The van der Waals surface area contributed by atoms with Crippen LogP contribution in [0.3, 0.4) is 0 Å². The Bertz CT molecular complexity index is 417. The highest BCUT2D eigenvalue weighted by Gasteiger charge is 2.29. The van der Waals surface area contributed by atoms with Crippen LogP contribution in [0.15, 0.2) is 24.3 Å². The van der Waals surface area contributed by atoms with Crippen LogP contribution in [0.4, 0.5) is 4.79 Å². The summed E-state index contributed by atoms with van der Waals surface area (Å²) in [5, 5.41) is 2.98. The van der Waals surface area contributed by atoms with Crippen molar-refractivity contribution in [2.75, 3.05) is 13.1 Å². The molecule has 17 heavy (non-hydrogen) atoms. The molecule has 1 aliphatic heterocycles. The van der Waals surface area contributed by atoms with E-state index < -0.39 is 0 Å². The van der Waals surface area contributed by atoms with Crippen LogP contribution in [0.1, 0.15) is 24.1 Å². The Kier molecular flexibility index (Phi) is 3.33. The molecule has 2 atom stereocenters. The summed E-state index contributed by atoms with van der Waals surface area (Å²) in [6.07, 6.45) is 0. The maximum Gasteiger partial charge on any atom is 0.318 e. The number of carbonyl (C=O) groups is 1. The zero-order chi connectivity index (χ0) is 12.4. The number of rotatable bonds is 3. The third-order valence-corrected chi connectivity index (χ3v) is 2.94. The van der Waals surface area contributed by atoms with E-state index in [1.165, 1.54) is 5.56 Å². The Morgan fingerprint density at radius 1 is 1.59 bits per heavy atom. The van der Waals surface area contributed by atoms with Crippen LogP contribution in [-0.4, -0.2) is 30.1 Å². The van der Waals surface area contributed by atoms with Gasteiger partial charge in [-0.05, 0) is 19.4 Å². The standard InChI is InChI=1S/C13H19N3O/c1-9-4-3-5-11(6-9)12-8-16(7-10(2)14)13(17)15-12/h3-6,10,12H,7-8,14H2,1-2H3,(H,15,17). The van der Waals surface area contributed by atoms with Gasteiger partial charge < -0.3 is 16.0 Å². The van der Waals surface area contributed by atoms with Crippen molar-refractivity contribution in [3.8, 4) is 0 Å². The molecule has 0 spiro atoms. The Morgan fingerprint density at radius 2 is 2.35 bits per heavy atom. The van der Waals surface area contributed by atoms with Gasteiger partial charge in [0.2, 0.25) is 0 Å². The van der Waals surface area contributed by atoms with Crippen LogP contribution in [0.25, 0.3) is 0 Å². The quantitative estimate of drug-likeness (QED) is 0.829. The molecule has 2 unspecified atom stereocenters. The minimum Gasteiger partial charge on any atom is -0.329 e. The predicted octanol–water partition coefficient (Wildman–Crippen LogP) is 1.41. The Morgan fingerprint density at radius 3 is 3.00 bits per heavy atom. The Labute approximate surface area is 102 Å². The van der Waals surface area contributed by atoms with E-state index in [1.54, 1.807) is 4.90 Å². The predicted molar refractivity (Wildman–Crippen MR) is 67.7 cm³/mol. The van der Waals surface area contributed by atoms with Gasteiger partial charge in [-0.1, -0.05) is 29.8 Å². The van der Waals surface area contributed by atoms with E-state index in [0.29, 0.717) is 13.1 Å². The van der Waals surface area contributed by atoms with Crippen molar-refractivity contribution in [2.24, 2.45) is 5.73 Å². The van der Waals surface area contributed by atoms with Crippen LogP contribution in [-0.2, 0) is 0 Å². The molecule has 2 rings (SSSR count). The van der Waals surface area contributed by atoms with Crippen LogP contribution >= 0.6 is 0 Å². The van der Waals surface area contributed by atoms with E-state index in [4.69, 9.17) is 5.73 Å². The highest BCUT2D eigenvalue weighted by atomic mass is 16.2. The molecule has 1 saturated heterocycles. The highest BCUT2D eigenvalue weighted by molar-refractivity contribution is 5.77. The maximum absolute atomic E-state index is 11.7. The van der Waals surface area contributed by atoms with Gasteiger partial charge in [0.1, 0.15) is 0 Å². The number of urea groups is 1. The summed E-state index contributed by atoms with van der Waals surface area (Å²) in [6, 6.07) is 8.31. The van der Waals surface area contributed by atoms with Crippen molar-refractivity contribution in [3.05, 3.63) is 35.4 Å². The zero-order valence-corrected chi connectivity index (χ0v) is 10.3. The molecule has 0 radical (unpaired) electrons. The van der Waals surface area contributed by atoms with Crippen molar-refractivity contribution in [3.63, 3.8) is 0 Å². The van der Waals surface area contributed by atoms with Gasteiger partial charge in [0.15, 0.2) is 0 Å². The molecular formula is C13H19N3O. The molecule has 0 aliphatic carbocycles. The second-order valence-corrected chi connectivity index (χ2v) is 4.80. The number of aryl methyl sites for hydroxylation is 1. The molecule has 2 amide bonds. The number of nitrogens with one attached hydrogen (secondary N) is 1. The smallest absolute Gasteiger partial charge is 0.318 e. The number of nitrogens with two attached hydrogens (primary N) is 1. The molecule has 92 valence electrons. The summed E-state index contributed by atoms with van der Waals surface area (Å²) in [7, 11) is 0. The van der Waals surface area contributed by atoms with E-state index in [2.05, 4.69) is 24.4 Å². The Hall–Kier alpha value is -1.55. The first-order chi connectivity index (χ1) is 8.06. The van der Waals surface area contributed by atoms with Crippen LogP contribution in [0.2, 0.25) is 0 Å². The first-order valence-corrected chi connectivity index (χ1v) is 5.94. The topological polar surface area (TPSA) is 58.4 Å². The molecular weight excluding hydrogens is 214 g/mol. The molecule has 1 aliphatic rings. The van der Waals surface area contributed by atoms with Gasteiger partial charge in [0, 0.05) is 19.1 Å². The molecule has 3 N–H and O–H groups in total. The maximum atomic E-state index is 11.7. The monoisotopic (exact) mass is 233 g/mol. The average molecular weight is 233 g/mol. The van der Waals surface area contributed by atoms with Gasteiger partial charge in [-0.3, -0.25) is 0 Å². The number of hydrogen-bond donors (Lipinski definition) is 2. The molecule has 1 aromatic rings. The van der Waals surface area contributed by atoms with E-state index in [9.17, 15) is 4.79 Å². The molecule has 0 bridgehead atoms. The van der Waals surface area contributed by atoms with Crippen molar-refractivity contribution in [1.82, 2.24) is 10.2 Å². The first-order valence-electron chi connectivity index (χ1n) is 5.94. The number of carbonyl (C=O) groups excluding carboxylic acids is 1. The van der Waals surface area contributed by atoms with E-state index in [1.807, 2.05) is 19.1 Å². The second kappa shape index (κ2) is 4.75. The molecule has 1 aromatic carbocycles. The Balaban J connectivity index is 2.08. The lowest BCUT2D eigenvalue weighted by molar-refractivity contribution is 0.215. The van der Waals surface area contributed by atoms with Gasteiger partial charge in [-0.15, -0.1) is 0 Å². The van der Waals surface area contributed by atoms with E-state index in [0.717, 1.165) is 5.56 Å². The molecule has 1 heterocycles. The summed E-state index contributed by atoms with van der Waals surface area (Å²) in [4.78, 5) is 13.5. The fourth-order valence-electron chi connectivity index (χ4n) is 2.17. The molecule has 4 heteroatoms. The summed E-state index contributed by atoms with van der Waals surface area (Å²) in [5.74, 6) is 0. The lowest BCUT2D eigenvalue weighted by Gasteiger charge is -2.17. The number of nitrogens with zero attached hydrogens (tertiary/aromatic N) is 1. The zero-order valence-electron chi connectivity index (χ0n) is 10.3. The SMILES string of the molecule is Cc1cccc(C2CN(CC(C)N)C(=O)N2)c1. The van der Waals surface area contributed by atoms with Gasteiger partial charge in [0.25, 0.3) is 0 Å². The molecule has 1 fully saturated rings. The van der Waals surface area contributed by atoms with E-state index in [-0.39, 0.29) is 18.1 Å². The van der Waals surface area contributed by atoms with Gasteiger partial charge >= 0.3 is 6.03 Å². The summed E-state index contributed by atoms with van der Waals surface area (Å²) < 4.78 is 0. The fraction of sp³-hybridized carbons (Fsp3) is 0.462. The van der Waals surface area contributed by atoms with Crippen LogP contribution in [0, 0.1) is 6.92 Å². The number of amides is 2. The molecule has 0 saturated carbocycles. The number of benzene rings is 1. The minimum absolute atomic E-state index is 0.0111. The third-order valence-electron chi connectivity index (χ3n) is 2.94. The van der Waals surface area contributed by atoms with Gasteiger partial charge in [-0.2, -0.15) is 0 Å². The lowest BCUT2D eigenvalue weighted by atomic mass is 10.1. The lowest BCUT2D eigenvalue weighted by Crippen LogP contribution is -2.37. The first kappa shape index (κ1) is 11.9. The van der Waals surface area contributed by atoms with Gasteiger partial charge in [0.05, 0.1) is 6.04 Å². The largest absolute Gasteiger partial charge is 0.329 e. The third kappa shape index (κ3) is 2.77. The summed E-state index contributed by atoms with van der Waals surface area (Å²) >= 11 is 0. The van der Waals surface area contributed by atoms with Crippen LogP contribution in [0.5, 0.6) is 0 Å². The summed E-state index contributed by atoms with van der Waals surface area (Å²) in [6.45, 7) is 5.27. The van der Waals surface area contributed by atoms with Gasteiger partial charge in [-0.25, -0.2) is 4.79 Å². The van der Waals surface area contributed by atoms with E-state index >= 15 is 0 Å². The minimum atomic E-state index is -0.0196.